The fraction of sp³-hybridized carbons (Fsp3) is 0.550. The molecule has 1 aromatic heterocycles. The van der Waals surface area contributed by atoms with E-state index >= 15 is 0 Å². The van der Waals surface area contributed by atoms with Gasteiger partial charge in [0.15, 0.2) is 0 Å². The van der Waals surface area contributed by atoms with Crippen molar-refractivity contribution in [1.29, 1.82) is 0 Å². The van der Waals surface area contributed by atoms with Crippen molar-refractivity contribution in [3.05, 3.63) is 38.9 Å². The SMILES string of the molecule is CC1(C)C[C@H]2C[C@@](C)(CN2C(=O)Cn2cnc3c(Cl)cc(Cl)cc3c2=O)C1. The van der Waals surface area contributed by atoms with Gasteiger partial charge in [-0.1, -0.05) is 44.0 Å². The van der Waals surface area contributed by atoms with Crippen LogP contribution in [0.1, 0.15) is 40.0 Å². The van der Waals surface area contributed by atoms with E-state index in [1.165, 1.54) is 10.9 Å². The smallest absolute Gasteiger partial charge is 0.261 e. The normalized spacial score (nSPS) is 26.6. The average molecular weight is 408 g/mol. The number of nitrogens with zero attached hydrogens (tertiary/aromatic N) is 3. The van der Waals surface area contributed by atoms with Crippen LogP contribution in [0.2, 0.25) is 10.0 Å². The summed E-state index contributed by atoms with van der Waals surface area (Å²) in [5, 5.41) is 1.03. The Morgan fingerprint density at radius 2 is 2.00 bits per heavy atom. The van der Waals surface area contributed by atoms with Gasteiger partial charge in [-0.2, -0.15) is 0 Å². The van der Waals surface area contributed by atoms with Gasteiger partial charge in [0.1, 0.15) is 6.54 Å². The van der Waals surface area contributed by atoms with Crippen LogP contribution in [-0.2, 0) is 11.3 Å². The predicted octanol–water partition coefficient (Wildman–Crippen LogP) is 4.13. The molecule has 1 aliphatic heterocycles. The minimum Gasteiger partial charge on any atom is -0.338 e. The van der Waals surface area contributed by atoms with E-state index in [2.05, 4.69) is 25.8 Å². The molecule has 1 saturated carbocycles. The van der Waals surface area contributed by atoms with Crippen molar-refractivity contribution in [2.45, 2.75) is 52.6 Å². The molecule has 2 aromatic rings. The average Bonchev–Trinajstić information content (AvgIpc) is 2.79. The molecule has 2 bridgehead atoms. The van der Waals surface area contributed by atoms with Crippen molar-refractivity contribution in [2.24, 2.45) is 10.8 Å². The van der Waals surface area contributed by atoms with Crippen LogP contribution in [0, 0.1) is 10.8 Å². The van der Waals surface area contributed by atoms with Gasteiger partial charge in [0.2, 0.25) is 5.91 Å². The van der Waals surface area contributed by atoms with Crippen LogP contribution >= 0.6 is 23.2 Å². The topological polar surface area (TPSA) is 55.2 Å². The number of likely N-dealkylation sites (tertiary alicyclic amines) is 1. The first-order chi connectivity index (χ1) is 12.6. The molecule has 27 heavy (non-hydrogen) atoms. The predicted molar refractivity (Wildman–Crippen MR) is 107 cm³/mol. The van der Waals surface area contributed by atoms with Crippen LogP contribution in [0.15, 0.2) is 23.3 Å². The summed E-state index contributed by atoms with van der Waals surface area (Å²) in [5.74, 6) is -0.0298. The highest BCUT2D eigenvalue weighted by Gasteiger charge is 2.50. The van der Waals surface area contributed by atoms with E-state index < -0.39 is 0 Å². The molecule has 0 radical (unpaired) electrons. The molecular formula is C20H23Cl2N3O2. The number of carbonyl (C=O) groups is 1. The lowest BCUT2D eigenvalue weighted by molar-refractivity contribution is -0.133. The third kappa shape index (κ3) is 3.36. The van der Waals surface area contributed by atoms with Gasteiger partial charge < -0.3 is 4.90 Å². The second-order valence-corrected chi connectivity index (χ2v) is 10.0. The number of hydrogen-bond acceptors (Lipinski definition) is 3. The Morgan fingerprint density at radius 3 is 2.74 bits per heavy atom. The number of rotatable bonds is 2. The van der Waals surface area contributed by atoms with Crippen LogP contribution in [0.25, 0.3) is 10.9 Å². The zero-order valence-corrected chi connectivity index (χ0v) is 17.3. The summed E-state index contributed by atoms with van der Waals surface area (Å²) in [6.45, 7) is 7.56. The Labute approximate surface area is 168 Å². The molecule has 7 heteroatoms. The molecule has 1 aromatic carbocycles. The number of fused-ring (bicyclic) bond motifs is 3. The molecule has 5 nitrogen and oxygen atoms in total. The molecular weight excluding hydrogens is 385 g/mol. The Hall–Kier alpha value is -1.59. The van der Waals surface area contributed by atoms with Crippen molar-refractivity contribution in [1.82, 2.24) is 14.5 Å². The molecule has 4 rings (SSSR count). The van der Waals surface area contributed by atoms with Gasteiger partial charge in [-0.3, -0.25) is 14.2 Å². The second kappa shape index (κ2) is 6.21. The standard InChI is InChI=1S/C20H23Cl2N3O2/c1-19(2)6-13-7-20(3,9-19)10-25(13)16(26)8-24-11-23-17-14(18(24)27)4-12(21)5-15(17)22/h4-5,11,13H,6-10H2,1-3H3/t13-,20+/m0/s1. The Morgan fingerprint density at radius 1 is 1.26 bits per heavy atom. The van der Waals surface area contributed by atoms with Gasteiger partial charge in [0.05, 0.1) is 22.3 Å². The first-order valence-electron chi connectivity index (χ1n) is 9.21. The number of halogens is 2. The van der Waals surface area contributed by atoms with E-state index in [4.69, 9.17) is 23.2 Å². The summed E-state index contributed by atoms with van der Waals surface area (Å²) in [4.78, 5) is 32.1. The molecule has 1 aliphatic carbocycles. The molecule has 0 unspecified atom stereocenters. The molecule has 1 amide bonds. The molecule has 2 atom stereocenters. The number of amides is 1. The maximum atomic E-state index is 13.0. The van der Waals surface area contributed by atoms with Crippen molar-refractivity contribution in [2.75, 3.05) is 6.54 Å². The van der Waals surface area contributed by atoms with Crippen LogP contribution in [0.5, 0.6) is 0 Å². The fourth-order valence-electron chi connectivity index (χ4n) is 5.30. The summed E-state index contributed by atoms with van der Waals surface area (Å²) >= 11 is 12.2. The zero-order chi connectivity index (χ0) is 19.6. The number of benzene rings is 1. The minimum atomic E-state index is -0.300. The van der Waals surface area contributed by atoms with E-state index in [-0.39, 0.29) is 34.9 Å². The summed E-state index contributed by atoms with van der Waals surface area (Å²) in [5.41, 5.74) is 0.504. The van der Waals surface area contributed by atoms with E-state index in [0.29, 0.717) is 20.9 Å². The van der Waals surface area contributed by atoms with Gasteiger partial charge in [0.25, 0.3) is 5.56 Å². The monoisotopic (exact) mass is 407 g/mol. The number of aromatic nitrogens is 2. The van der Waals surface area contributed by atoms with E-state index in [0.717, 1.165) is 25.8 Å². The first kappa shape index (κ1) is 18.8. The van der Waals surface area contributed by atoms with Crippen LogP contribution in [0.3, 0.4) is 0 Å². The molecule has 2 heterocycles. The van der Waals surface area contributed by atoms with E-state index in [9.17, 15) is 9.59 Å². The highest BCUT2D eigenvalue weighted by Crippen LogP contribution is 2.52. The highest BCUT2D eigenvalue weighted by atomic mass is 35.5. The van der Waals surface area contributed by atoms with Gasteiger partial charge in [-0.05, 0) is 42.2 Å². The summed E-state index contributed by atoms with van der Waals surface area (Å²) in [7, 11) is 0. The summed E-state index contributed by atoms with van der Waals surface area (Å²) in [6, 6.07) is 3.35. The van der Waals surface area contributed by atoms with Gasteiger partial charge in [-0.15, -0.1) is 0 Å². The second-order valence-electron chi connectivity index (χ2n) is 9.20. The molecule has 0 N–H and O–H groups in total. The van der Waals surface area contributed by atoms with Gasteiger partial charge in [0, 0.05) is 17.6 Å². The lowest BCUT2D eigenvalue weighted by Crippen LogP contribution is -2.40. The van der Waals surface area contributed by atoms with Crippen LogP contribution < -0.4 is 5.56 Å². The molecule has 0 spiro atoms. The van der Waals surface area contributed by atoms with Gasteiger partial charge >= 0.3 is 0 Å². The van der Waals surface area contributed by atoms with E-state index in [1.807, 2.05) is 4.90 Å². The molecule has 2 fully saturated rings. The number of carbonyl (C=O) groups excluding carboxylic acids is 1. The third-order valence-electron chi connectivity index (χ3n) is 5.89. The molecule has 144 valence electrons. The first-order valence-corrected chi connectivity index (χ1v) is 9.96. The van der Waals surface area contributed by atoms with Gasteiger partial charge in [-0.25, -0.2) is 4.98 Å². The van der Waals surface area contributed by atoms with Crippen molar-refractivity contribution < 1.29 is 4.79 Å². The van der Waals surface area contributed by atoms with Crippen LogP contribution in [0.4, 0.5) is 0 Å². The van der Waals surface area contributed by atoms with Crippen LogP contribution in [-0.4, -0.2) is 32.9 Å². The Balaban J connectivity index is 1.63. The zero-order valence-electron chi connectivity index (χ0n) is 15.8. The molecule has 2 aliphatic rings. The summed E-state index contributed by atoms with van der Waals surface area (Å²) in [6.07, 6.45) is 4.56. The van der Waals surface area contributed by atoms with E-state index in [1.54, 1.807) is 12.1 Å². The number of hydrogen-bond donors (Lipinski definition) is 0. The van der Waals surface area contributed by atoms with Crippen molar-refractivity contribution in [3.63, 3.8) is 0 Å². The maximum Gasteiger partial charge on any atom is 0.261 e. The third-order valence-corrected chi connectivity index (χ3v) is 6.39. The minimum absolute atomic E-state index is 0.0150. The fourth-order valence-corrected chi connectivity index (χ4v) is 5.84. The lowest BCUT2D eigenvalue weighted by Gasteiger charge is -2.39. The highest BCUT2D eigenvalue weighted by molar-refractivity contribution is 6.38. The Bertz CT molecular complexity index is 1000. The quantitative estimate of drug-likeness (QED) is 0.751. The van der Waals surface area contributed by atoms with Crippen molar-refractivity contribution >= 4 is 40.0 Å². The summed E-state index contributed by atoms with van der Waals surface area (Å²) < 4.78 is 1.35. The largest absolute Gasteiger partial charge is 0.338 e. The Kier molecular flexibility index (Phi) is 4.32. The molecule has 1 saturated heterocycles. The maximum absolute atomic E-state index is 13.0. The lowest BCUT2D eigenvalue weighted by atomic mass is 9.65. The van der Waals surface area contributed by atoms with Crippen molar-refractivity contribution in [3.8, 4) is 0 Å².